The zero-order chi connectivity index (χ0) is 11.8. The molecule has 0 aliphatic heterocycles. The second-order valence-electron chi connectivity index (χ2n) is 2.49. The highest BCUT2D eigenvalue weighted by molar-refractivity contribution is 14.1. The number of rotatable bonds is 2. The van der Waals surface area contributed by atoms with Crippen LogP contribution in [0.25, 0.3) is 0 Å². The minimum atomic E-state index is -4.05. The van der Waals surface area contributed by atoms with Crippen molar-refractivity contribution in [1.82, 2.24) is 4.98 Å². The Balaban J connectivity index is 3.56. The maximum Gasteiger partial charge on any atom is 0.267 e. The third kappa shape index (κ3) is 2.82. The zero-order valence-corrected chi connectivity index (χ0v) is 11.5. The van der Waals surface area contributed by atoms with Crippen LogP contribution < -0.4 is 5.14 Å². The van der Waals surface area contributed by atoms with Gasteiger partial charge in [0.05, 0.1) is 10.0 Å². The molecule has 0 aliphatic rings. The van der Waals surface area contributed by atoms with E-state index < -0.39 is 26.9 Å². The fraction of sp³-hybridized carbons (Fsp3) is 0.167. The lowest BCUT2D eigenvalue weighted by molar-refractivity contribution is 0.148. The van der Waals surface area contributed by atoms with E-state index in [2.05, 4.69) is 20.9 Å². The van der Waals surface area contributed by atoms with Gasteiger partial charge in [-0.3, -0.25) is 0 Å². The molecule has 2 N–H and O–H groups in total. The molecule has 4 nitrogen and oxygen atoms in total. The van der Waals surface area contributed by atoms with Crippen LogP contribution in [-0.4, -0.2) is 13.4 Å². The second-order valence-corrected chi connectivity index (χ2v) is 5.83. The molecule has 84 valence electrons. The predicted molar refractivity (Wildman–Crippen MR) is 61.0 cm³/mol. The van der Waals surface area contributed by atoms with Gasteiger partial charge in [0.25, 0.3) is 6.43 Å². The van der Waals surface area contributed by atoms with Gasteiger partial charge in [-0.25, -0.2) is 27.3 Å². The van der Waals surface area contributed by atoms with Crippen molar-refractivity contribution in [1.29, 1.82) is 0 Å². The van der Waals surface area contributed by atoms with E-state index in [-0.39, 0.29) is 8.17 Å². The third-order valence-corrected chi connectivity index (χ3v) is 4.39. The number of sulfonamides is 1. The number of alkyl halides is 2. The molecule has 0 aromatic carbocycles. The smallest absolute Gasteiger partial charge is 0.248 e. The molecule has 0 amide bonds. The summed E-state index contributed by atoms with van der Waals surface area (Å²) >= 11 is 4.37. The quantitative estimate of drug-likeness (QED) is 0.596. The van der Waals surface area contributed by atoms with Crippen LogP contribution in [-0.2, 0) is 10.0 Å². The Morgan fingerprint density at radius 1 is 1.53 bits per heavy atom. The summed E-state index contributed by atoms with van der Waals surface area (Å²) in [6, 6.07) is 0. The van der Waals surface area contributed by atoms with Crippen LogP contribution in [0.2, 0.25) is 0 Å². The van der Waals surface area contributed by atoms with E-state index in [0.717, 1.165) is 6.20 Å². The van der Waals surface area contributed by atoms with Crippen LogP contribution in [0.4, 0.5) is 8.78 Å². The van der Waals surface area contributed by atoms with Crippen LogP contribution in [0, 0.1) is 3.70 Å². The van der Waals surface area contributed by atoms with E-state index in [9.17, 15) is 17.2 Å². The summed E-state index contributed by atoms with van der Waals surface area (Å²) in [7, 11) is -4.05. The number of halogens is 4. The predicted octanol–water partition coefficient (Wildman–Crippen LogP) is 2.03. The molecule has 0 fully saturated rings. The van der Waals surface area contributed by atoms with Crippen LogP contribution in [0.15, 0.2) is 15.6 Å². The summed E-state index contributed by atoms with van der Waals surface area (Å²) in [5, 5.41) is 4.83. The molecule has 1 rings (SSSR count). The Kier molecular flexibility index (Phi) is 4.01. The van der Waals surface area contributed by atoms with E-state index >= 15 is 0 Å². The van der Waals surface area contributed by atoms with Gasteiger partial charge in [-0.05, 0) is 38.5 Å². The molecule has 0 radical (unpaired) electrons. The number of pyridine rings is 1. The Morgan fingerprint density at radius 3 is 2.47 bits per heavy atom. The molecule has 0 unspecified atom stereocenters. The second kappa shape index (κ2) is 4.55. The minimum Gasteiger partial charge on any atom is -0.248 e. The van der Waals surface area contributed by atoms with Gasteiger partial charge in [-0.2, -0.15) is 0 Å². The van der Waals surface area contributed by atoms with Gasteiger partial charge in [0.15, 0.2) is 0 Å². The van der Waals surface area contributed by atoms with E-state index in [0.29, 0.717) is 0 Å². The molecule has 1 aromatic rings. The average molecular weight is 413 g/mol. The first-order valence-electron chi connectivity index (χ1n) is 3.40. The topological polar surface area (TPSA) is 73.1 Å². The minimum absolute atomic E-state index is 0.0295. The largest absolute Gasteiger partial charge is 0.267 e. The Hall–Kier alpha value is 0.130. The molecule has 9 heteroatoms. The van der Waals surface area contributed by atoms with Crippen molar-refractivity contribution in [2.45, 2.75) is 11.3 Å². The summed E-state index contributed by atoms with van der Waals surface area (Å²) in [6.45, 7) is 0. The van der Waals surface area contributed by atoms with Gasteiger partial charge in [0.1, 0.15) is 8.60 Å². The summed E-state index contributed by atoms with van der Waals surface area (Å²) in [4.78, 5) is 3.10. The van der Waals surface area contributed by atoms with Crippen molar-refractivity contribution in [3.8, 4) is 0 Å². The SMILES string of the molecule is NS(=O)(=O)c1cnc(I)c(C(F)F)c1Br. The third-order valence-electron chi connectivity index (χ3n) is 1.49. The standard InChI is InChI=1S/C6H4BrF2IN2O2S/c7-4-2(15(11,13)14)1-12-6(10)3(4)5(8)9/h1,5H,(H2,11,13,14). The fourth-order valence-corrected chi connectivity index (χ4v) is 3.56. The Bertz CT molecular complexity index is 494. The summed E-state index contributed by atoms with van der Waals surface area (Å²) in [5.74, 6) is 0. The molecular formula is C6H4BrF2IN2O2S. The average Bonchev–Trinajstić information content (AvgIpc) is 2.00. The van der Waals surface area contributed by atoms with E-state index in [1.54, 1.807) is 22.6 Å². The molecule has 0 atom stereocenters. The molecular weight excluding hydrogens is 409 g/mol. The van der Waals surface area contributed by atoms with Gasteiger partial charge in [-0.15, -0.1) is 0 Å². The van der Waals surface area contributed by atoms with Crippen molar-refractivity contribution < 1.29 is 17.2 Å². The zero-order valence-electron chi connectivity index (χ0n) is 6.92. The van der Waals surface area contributed by atoms with Crippen molar-refractivity contribution in [3.63, 3.8) is 0 Å². The first-order valence-corrected chi connectivity index (χ1v) is 6.81. The highest BCUT2D eigenvalue weighted by Crippen LogP contribution is 2.34. The van der Waals surface area contributed by atoms with Crippen LogP contribution >= 0.6 is 38.5 Å². The number of nitrogens with zero attached hydrogens (tertiary/aromatic N) is 1. The first-order chi connectivity index (χ1) is 6.75. The molecule has 0 saturated heterocycles. The van der Waals surface area contributed by atoms with Gasteiger partial charge in [0.2, 0.25) is 10.0 Å². The van der Waals surface area contributed by atoms with Crippen molar-refractivity contribution in [2.24, 2.45) is 5.14 Å². The maximum absolute atomic E-state index is 12.5. The molecule has 1 heterocycles. The van der Waals surface area contributed by atoms with Gasteiger partial charge in [-0.1, -0.05) is 0 Å². The number of hydrogen-bond donors (Lipinski definition) is 1. The molecule has 1 aromatic heterocycles. The normalized spacial score (nSPS) is 12.1. The first kappa shape index (κ1) is 13.2. The van der Waals surface area contributed by atoms with Gasteiger partial charge in [0, 0.05) is 6.20 Å². The highest BCUT2D eigenvalue weighted by Gasteiger charge is 2.23. The van der Waals surface area contributed by atoms with E-state index in [1.165, 1.54) is 0 Å². The summed E-state index contributed by atoms with van der Waals surface area (Å²) in [5.41, 5.74) is -0.470. The van der Waals surface area contributed by atoms with Crippen molar-refractivity contribution >= 4 is 48.5 Å². The number of primary sulfonamides is 1. The molecule has 0 aliphatic carbocycles. The van der Waals surface area contributed by atoms with Gasteiger partial charge >= 0.3 is 0 Å². The lowest BCUT2D eigenvalue weighted by Gasteiger charge is -2.08. The van der Waals surface area contributed by atoms with E-state index in [1.807, 2.05) is 0 Å². The molecule has 0 spiro atoms. The van der Waals surface area contributed by atoms with Crippen LogP contribution in [0.5, 0.6) is 0 Å². The Morgan fingerprint density at radius 2 is 2.07 bits per heavy atom. The summed E-state index contributed by atoms with van der Waals surface area (Å²) in [6.07, 6.45) is -1.88. The lowest BCUT2D eigenvalue weighted by atomic mass is 10.3. The molecule has 0 saturated carbocycles. The van der Waals surface area contributed by atoms with E-state index in [4.69, 9.17) is 5.14 Å². The highest BCUT2D eigenvalue weighted by atomic mass is 127. The maximum atomic E-state index is 12.5. The fourth-order valence-electron chi connectivity index (χ4n) is 0.849. The number of nitrogens with two attached hydrogens (primary N) is 1. The van der Waals surface area contributed by atoms with Crippen molar-refractivity contribution in [3.05, 3.63) is 19.9 Å². The monoisotopic (exact) mass is 412 g/mol. The summed E-state index contributed by atoms with van der Waals surface area (Å²) < 4.78 is 46.9. The lowest BCUT2D eigenvalue weighted by Crippen LogP contribution is -2.14. The van der Waals surface area contributed by atoms with Gasteiger partial charge < -0.3 is 0 Å². The number of hydrogen-bond acceptors (Lipinski definition) is 3. The van der Waals surface area contributed by atoms with Crippen LogP contribution in [0.1, 0.15) is 12.0 Å². The van der Waals surface area contributed by atoms with Crippen LogP contribution in [0.3, 0.4) is 0 Å². The Labute approximate surface area is 107 Å². The van der Waals surface area contributed by atoms with Crippen molar-refractivity contribution in [2.75, 3.05) is 0 Å². The molecule has 0 bridgehead atoms. The number of aromatic nitrogens is 1. The molecule has 15 heavy (non-hydrogen) atoms.